The fourth-order valence-corrected chi connectivity index (χ4v) is 4.52. The number of hydrogen-bond acceptors (Lipinski definition) is 4. The Bertz CT molecular complexity index is 985. The molecule has 2 aliphatic heterocycles. The first-order valence-electron chi connectivity index (χ1n) is 9.92. The molecule has 5 nitrogen and oxygen atoms in total. The van der Waals surface area contributed by atoms with E-state index in [1.165, 1.54) is 18.2 Å². The van der Waals surface area contributed by atoms with Crippen molar-refractivity contribution < 1.29 is 18.0 Å². The standard InChI is InChI=1S/C22H21F3N4O/c23-22(24,25)12-17-3-1-2-4-18(17)21(30)28-9-6-16-7-10-29(19(16)14-28)20-11-15(13-26)5-8-27-20/h1-5,8,11,16,19H,6-7,9-10,12,14H2/t16-,19-/m0/s1. The molecule has 1 amide bonds. The van der Waals surface area contributed by atoms with Crippen molar-refractivity contribution in [1.29, 1.82) is 5.26 Å². The van der Waals surface area contributed by atoms with Crippen LogP contribution in [-0.2, 0) is 6.42 Å². The fraction of sp³-hybridized carbons (Fsp3) is 0.409. The van der Waals surface area contributed by atoms with Crippen LogP contribution in [0, 0.1) is 17.2 Å². The quantitative estimate of drug-likeness (QED) is 0.767. The van der Waals surface area contributed by atoms with E-state index in [2.05, 4.69) is 16.0 Å². The molecule has 2 aromatic rings. The maximum absolute atomic E-state index is 13.1. The van der Waals surface area contributed by atoms with Crippen LogP contribution in [0.15, 0.2) is 42.6 Å². The average Bonchev–Trinajstić information content (AvgIpc) is 3.16. The van der Waals surface area contributed by atoms with E-state index in [-0.39, 0.29) is 23.1 Å². The molecular weight excluding hydrogens is 393 g/mol. The summed E-state index contributed by atoms with van der Waals surface area (Å²) in [5.41, 5.74) is 0.638. The van der Waals surface area contributed by atoms with Crippen molar-refractivity contribution in [3.8, 4) is 6.07 Å². The predicted molar refractivity (Wildman–Crippen MR) is 105 cm³/mol. The predicted octanol–water partition coefficient (Wildman–Crippen LogP) is 3.80. The molecule has 8 heteroatoms. The number of aromatic nitrogens is 1. The van der Waals surface area contributed by atoms with Crippen molar-refractivity contribution in [3.63, 3.8) is 0 Å². The molecule has 0 N–H and O–H groups in total. The third-order valence-electron chi connectivity index (χ3n) is 5.96. The Balaban J connectivity index is 1.55. The van der Waals surface area contributed by atoms with Crippen LogP contribution in [0.25, 0.3) is 0 Å². The lowest BCUT2D eigenvalue weighted by molar-refractivity contribution is -0.127. The minimum Gasteiger partial charge on any atom is -0.352 e. The SMILES string of the molecule is N#Cc1ccnc(N2CC[C@@H]3CCN(C(=O)c4ccccc4CC(F)(F)F)C[C@@H]32)c1. The molecule has 2 aliphatic rings. The minimum absolute atomic E-state index is 0.00351. The van der Waals surface area contributed by atoms with Gasteiger partial charge in [0.25, 0.3) is 5.91 Å². The Morgan fingerprint density at radius 3 is 2.73 bits per heavy atom. The molecule has 4 rings (SSSR count). The summed E-state index contributed by atoms with van der Waals surface area (Å²) in [4.78, 5) is 21.3. The number of anilines is 1. The van der Waals surface area contributed by atoms with Gasteiger partial charge in [-0.1, -0.05) is 18.2 Å². The van der Waals surface area contributed by atoms with Crippen molar-refractivity contribution in [2.24, 2.45) is 5.92 Å². The molecule has 0 unspecified atom stereocenters. The second-order valence-corrected chi connectivity index (χ2v) is 7.81. The summed E-state index contributed by atoms with van der Waals surface area (Å²) in [7, 11) is 0. The number of carbonyl (C=O) groups is 1. The van der Waals surface area contributed by atoms with E-state index in [0.29, 0.717) is 30.4 Å². The van der Waals surface area contributed by atoms with Gasteiger partial charge < -0.3 is 9.80 Å². The molecule has 2 saturated heterocycles. The number of fused-ring (bicyclic) bond motifs is 1. The van der Waals surface area contributed by atoms with Gasteiger partial charge in [-0.25, -0.2) is 4.98 Å². The number of alkyl halides is 3. The summed E-state index contributed by atoms with van der Waals surface area (Å²) < 4.78 is 38.8. The monoisotopic (exact) mass is 414 g/mol. The van der Waals surface area contributed by atoms with Crippen molar-refractivity contribution in [2.75, 3.05) is 24.5 Å². The lowest BCUT2D eigenvalue weighted by atomic mass is 9.91. The van der Waals surface area contributed by atoms with Gasteiger partial charge in [0.15, 0.2) is 0 Å². The number of nitrogens with zero attached hydrogens (tertiary/aromatic N) is 4. The minimum atomic E-state index is -4.37. The number of benzene rings is 1. The van der Waals surface area contributed by atoms with Gasteiger partial charge in [-0.05, 0) is 42.5 Å². The molecule has 1 aromatic heterocycles. The summed E-state index contributed by atoms with van der Waals surface area (Å²) in [6.07, 6.45) is -2.13. The van der Waals surface area contributed by atoms with Crippen molar-refractivity contribution in [2.45, 2.75) is 31.5 Å². The second kappa shape index (κ2) is 7.98. The van der Waals surface area contributed by atoms with Crippen molar-refractivity contribution in [1.82, 2.24) is 9.88 Å². The molecule has 2 atom stereocenters. The zero-order valence-corrected chi connectivity index (χ0v) is 16.3. The summed E-state index contributed by atoms with van der Waals surface area (Å²) in [5, 5.41) is 9.16. The van der Waals surface area contributed by atoms with Crippen LogP contribution in [0.2, 0.25) is 0 Å². The lowest BCUT2D eigenvalue weighted by Gasteiger charge is -2.39. The van der Waals surface area contributed by atoms with Crippen LogP contribution in [0.1, 0.15) is 34.3 Å². The Morgan fingerprint density at radius 1 is 1.20 bits per heavy atom. The fourth-order valence-electron chi connectivity index (χ4n) is 4.52. The van der Waals surface area contributed by atoms with Crippen molar-refractivity contribution >= 4 is 11.7 Å². The molecule has 0 radical (unpaired) electrons. The first-order valence-corrected chi connectivity index (χ1v) is 9.92. The topological polar surface area (TPSA) is 60.2 Å². The Kier molecular flexibility index (Phi) is 5.37. The van der Waals surface area contributed by atoms with Crippen LogP contribution in [0.5, 0.6) is 0 Å². The van der Waals surface area contributed by atoms with Crippen LogP contribution < -0.4 is 4.90 Å². The second-order valence-electron chi connectivity index (χ2n) is 7.81. The average molecular weight is 414 g/mol. The highest BCUT2D eigenvalue weighted by molar-refractivity contribution is 5.96. The van der Waals surface area contributed by atoms with Crippen molar-refractivity contribution in [3.05, 3.63) is 59.3 Å². The molecular formula is C22H21F3N4O. The molecule has 1 aromatic carbocycles. The zero-order valence-electron chi connectivity index (χ0n) is 16.3. The molecule has 156 valence electrons. The number of hydrogen-bond donors (Lipinski definition) is 0. The molecule has 0 bridgehead atoms. The number of piperidine rings is 1. The van der Waals surface area contributed by atoms with Gasteiger partial charge in [0, 0.05) is 31.4 Å². The molecule has 0 aliphatic carbocycles. The van der Waals surface area contributed by atoms with Crippen LogP contribution in [-0.4, -0.2) is 47.6 Å². The Hall–Kier alpha value is -3.08. The molecule has 0 spiro atoms. The summed E-state index contributed by atoms with van der Waals surface area (Å²) in [6, 6.07) is 11.5. The van der Waals surface area contributed by atoms with Gasteiger partial charge in [0.1, 0.15) is 5.82 Å². The summed E-state index contributed by atoms with van der Waals surface area (Å²) in [5.74, 6) is 0.735. The summed E-state index contributed by atoms with van der Waals surface area (Å²) >= 11 is 0. The number of pyridine rings is 1. The normalized spacial score (nSPS) is 21.3. The maximum Gasteiger partial charge on any atom is 0.393 e. The van der Waals surface area contributed by atoms with Crippen LogP contribution in [0.3, 0.4) is 0 Å². The van der Waals surface area contributed by atoms with Crippen LogP contribution in [0.4, 0.5) is 19.0 Å². The smallest absolute Gasteiger partial charge is 0.352 e. The zero-order chi connectivity index (χ0) is 21.3. The first kappa shape index (κ1) is 20.2. The van der Waals surface area contributed by atoms with Gasteiger partial charge in [0.05, 0.1) is 24.1 Å². The highest BCUT2D eigenvalue weighted by atomic mass is 19.4. The highest BCUT2D eigenvalue weighted by Gasteiger charge is 2.41. The van der Waals surface area contributed by atoms with E-state index < -0.39 is 12.6 Å². The molecule has 2 fully saturated rings. The van der Waals surface area contributed by atoms with E-state index in [4.69, 9.17) is 5.26 Å². The third kappa shape index (κ3) is 4.11. The van der Waals surface area contributed by atoms with Gasteiger partial charge in [0.2, 0.25) is 0 Å². The van der Waals surface area contributed by atoms with E-state index in [0.717, 1.165) is 19.4 Å². The number of nitriles is 1. The Labute approximate surface area is 172 Å². The van der Waals surface area contributed by atoms with Gasteiger partial charge in [-0.2, -0.15) is 18.4 Å². The molecule has 30 heavy (non-hydrogen) atoms. The number of rotatable bonds is 3. The largest absolute Gasteiger partial charge is 0.393 e. The molecule has 3 heterocycles. The highest BCUT2D eigenvalue weighted by Crippen LogP contribution is 2.35. The number of carbonyl (C=O) groups excluding carboxylic acids is 1. The number of halogens is 3. The van der Waals surface area contributed by atoms with Gasteiger partial charge in [-0.15, -0.1) is 0 Å². The third-order valence-corrected chi connectivity index (χ3v) is 5.96. The van der Waals surface area contributed by atoms with E-state index >= 15 is 0 Å². The maximum atomic E-state index is 13.1. The van der Waals surface area contributed by atoms with Gasteiger partial charge >= 0.3 is 6.18 Å². The lowest BCUT2D eigenvalue weighted by Crippen LogP contribution is -2.50. The van der Waals surface area contributed by atoms with Crippen LogP contribution >= 0.6 is 0 Å². The Morgan fingerprint density at radius 2 is 1.97 bits per heavy atom. The number of likely N-dealkylation sites (tertiary alicyclic amines) is 1. The molecule has 0 saturated carbocycles. The summed E-state index contributed by atoms with van der Waals surface area (Å²) in [6.45, 7) is 1.74. The number of amides is 1. The van der Waals surface area contributed by atoms with E-state index in [1.54, 1.807) is 29.3 Å². The first-order chi connectivity index (χ1) is 14.4. The van der Waals surface area contributed by atoms with E-state index in [1.807, 2.05) is 0 Å². The van der Waals surface area contributed by atoms with E-state index in [9.17, 15) is 18.0 Å². The van der Waals surface area contributed by atoms with Gasteiger partial charge in [-0.3, -0.25) is 4.79 Å².